The average Bonchev–Trinajstić information content (AvgIpc) is 3.32. The first-order chi connectivity index (χ1) is 14.2. The van der Waals surface area contributed by atoms with Crippen molar-refractivity contribution in [2.75, 3.05) is 20.8 Å². The van der Waals surface area contributed by atoms with Crippen molar-refractivity contribution in [2.24, 2.45) is 0 Å². The zero-order valence-corrected chi connectivity index (χ0v) is 18.0. The van der Waals surface area contributed by atoms with Crippen LogP contribution in [0.25, 0.3) is 21.3 Å². The molecule has 1 atom stereocenters. The standard InChI is InChI=1S/C23H27N3O2S/c1-14-5-4-8-26(14)17-9-16(10-17)23-25-19-11-15(6-7-21(19)29-23)18-13-24-22(28-3)12-20(18)27-2/h6-7,11-14,16-17H,4-5,8-10H2,1-3H3. The van der Waals surface area contributed by atoms with Crippen LogP contribution in [-0.2, 0) is 0 Å². The maximum absolute atomic E-state index is 5.55. The summed E-state index contributed by atoms with van der Waals surface area (Å²) in [6, 6.07) is 9.79. The van der Waals surface area contributed by atoms with Crippen LogP contribution in [0.15, 0.2) is 30.5 Å². The Balaban J connectivity index is 1.37. The fourth-order valence-electron chi connectivity index (χ4n) is 4.76. The van der Waals surface area contributed by atoms with Gasteiger partial charge in [-0.2, -0.15) is 0 Å². The highest BCUT2D eigenvalue weighted by molar-refractivity contribution is 7.18. The third-order valence-electron chi connectivity index (χ3n) is 6.52. The highest BCUT2D eigenvalue weighted by Gasteiger charge is 2.39. The molecule has 0 radical (unpaired) electrons. The molecule has 1 unspecified atom stereocenters. The van der Waals surface area contributed by atoms with Gasteiger partial charge in [-0.15, -0.1) is 11.3 Å². The summed E-state index contributed by atoms with van der Waals surface area (Å²) in [5.74, 6) is 1.92. The van der Waals surface area contributed by atoms with E-state index in [1.54, 1.807) is 20.4 Å². The molecular weight excluding hydrogens is 382 g/mol. The first kappa shape index (κ1) is 18.8. The van der Waals surface area contributed by atoms with Gasteiger partial charge in [-0.1, -0.05) is 6.07 Å². The van der Waals surface area contributed by atoms with Crippen LogP contribution in [0.3, 0.4) is 0 Å². The number of methoxy groups -OCH3 is 2. The van der Waals surface area contributed by atoms with Crippen LogP contribution < -0.4 is 9.47 Å². The van der Waals surface area contributed by atoms with Crippen molar-refractivity contribution < 1.29 is 9.47 Å². The first-order valence-electron chi connectivity index (χ1n) is 10.4. The number of rotatable bonds is 5. The summed E-state index contributed by atoms with van der Waals surface area (Å²) in [5.41, 5.74) is 3.09. The summed E-state index contributed by atoms with van der Waals surface area (Å²) in [5, 5.41) is 1.29. The maximum Gasteiger partial charge on any atom is 0.216 e. The zero-order chi connectivity index (χ0) is 20.0. The van der Waals surface area contributed by atoms with Gasteiger partial charge in [-0.3, -0.25) is 4.90 Å². The number of hydrogen-bond donors (Lipinski definition) is 0. The number of fused-ring (bicyclic) bond motifs is 1. The topological polar surface area (TPSA) is 47.5 Å². The molecule has 1 aromatic carbocycles. The summed E-state index contributed by atoms with van der Waals surface area (Å²) in [6.07, 6.45) is 7.03. The third-order valence-corrected chi connectivity index (χ3v) is 7.72. The van der Waals surface area contributed by atoms with Gasteiger partial charge in [-0.25, -0.2) is 9.97 Å². The lowest BCUT2D eigenvalue weighted by Gasteiger charge is -2.42. The van der Waals surface area contributed by atoms with E-state index in [1.165, 1.54) is 41.9 Å². The molecule has 0 spiro atoms. The van der Waals surface area contributed by atoms with Crippen molar-refractivity contribution in [3.63, 3.8) is 0 Å². The largest absolute Gasteiger partial charge is 0.496 e. The van der Waals surface area contributed by atoms with Gasteiger partial charge in [0, 0.05) is 35.8 Å². The lowest BCUT2D eigenvalue weighted by atomic mass is 9.79. The number of benzene rings is 1. The quantitative estimate of drug-likeness (QED) is 0.586. The van der Waals surface area contributed by atoms with Crippen LogP contribution in [0.5, 0.6) is 11.6 Å². The SMILES string of the molecule is COc1cc(OC)c(-c2ccc3sc(C4CC(N5CCCC5C)C4)nc3c2)cn1. The molecule has 6 heteroatoms. The Morgan fingerprint density at radius 1 is 1.14 bits per heavy atom. The molecule has 0 bridgehead atoms. The summed E-state index contributed by atoms with van der Waals surface area (Å²) in [7, 11) is 3.28. The van der Waals surface area contributed by atoms with E-state index in [2.05, 4.69) is 35.0 Å². The smallest absolute Gasteiger partial charge is 0.216 e. The molecule has 2 fully saturated rings. The van der Waals surface area contributed by atoms with Crippen LogP contribution in [0.1, 0.15) is 43.5 Å². The second kappa shape index (κ2) is 7.58. The number of pyridine rings is 1. The van der Waals surface area contributed by atoms with Crippen LogP contribution in [0, 0.1) is 0 Å². The van der Waals surface area contributed by atoms with Crippen molar-refractivity contribution in [1.82, 2.24) is 14.9 Å². The second-order valence-corrected chi connectivity index (χ2v) is 9.28. The predicted molar refractivity (Wildman–Crippen MR) is 117 cm³/mol. The lowest BCUT2D eigenvalue weighted by Crippen LogP contribution is -2.45. The van der Waals surface area contributed by atoms with Crippen LogP contribution >= 0.6 is 11.3 Å². The molecule has 0 N–H and O–H groups in total. The average molecular weight is 410 g/mol. The van der Waals surface area contributed by atoms with Crippen molar-refractivity contribution in [3.8, 4) is 22.8 Å². The van der Waals surface area contributed by atoms with E-state index in [-0.39, 0.29) is 0 Å². The second-order valence-electron chi connectivity index (χ2n) is 8.21. The van der Waals surface area contributed by atoms with E-state index in [9.17, 15) is 0 Å². The molecule has 29 heavy (non-hydrogen) atoms. The van der Waals surface area contributed by atoms with Gasteiger partial charge >= 0.3 is 0 Å². The minimum atomic E-state index is 0.550. The number of nitrogens with zero attached hydrogens (tertiary/aromatic N) is 3. The minimum Gasteiger partial charge on any atom is -0.496 e. The van der Waals surface area contributed by atoms with Crippen LogP contribution in [-0.4, -0.2) is 47.7 Å². The summed E-state index contributed by atoms with van der Waals surface area (Å²) >= 11 is 1.85. The molecule has 1 saturated heterocycles. The highest BCUT2D eigenvalue weighted by atomic mass is 32.1. The number of ether oxygens (including phenoxy) is 2. The highest BCUT2D eigenvalue weighted by Crippen LogP contribution is 2.44. The lowest BCUT2D eigenvalue weighted by molar-refractivity contribution is 0.103. The van der Waals surface area contributed by atoms with Gasteiger partial charge in [0.2, 0.25) is 5.88 Å². The summed E-state index contributed by atoms with van der Waals surface area (Å²) < 4.78 is 12.0. The van der Waals surface area contributed by atoms with Crippen molar-refractivity contribution in [2.45, 2.75) is 50.6 Å². The monoisotopic (exact) mass is 409 g/mol. The van der Waals surface area contributed by atoms with Crippen LogP contribution in [0.4, 0.5) is 0 Å². The number of thiazole rings is 1. The minimum absolute atomic E-state index is 0.550. The van der Waals surface area contributed by atoms with Gasteiger partial charge in [-0.05, 0) is 56.8 Å². The molecule has 5 nitrogen and oxygen atoms in total. The summed E-state index contributed by atoms with van der Waals surface area (Å²) in [6.45, 7) is 3.65. The molecule has 2 aromatic heterocycles. The van der Waals surface area contributed by atoms with Crippen molar-refractivity contribution >= 4 is 21.6 Å². The van der Waals surface area contributed by atoms with Gasteiger partial charge in [0.05, 0.1) is 29.4 Å². The Kier molecular flexibility index (Phi) is 4.92. The number of aromatic nitrogens is 2. The van der Waals surface area contributed by atoms with Gasteiger partial charge in [0.15, 0.2) is 0 Å². The molecule has 2 aliphatic rings. The molecule has 3 heterocycles. The van der Waals surface area contributed by atoms with Crippen molar-refractivity contribution in [3.05, 3.63) is 35.5 Å². The third kappa shape index (κ3) is 3.38. The van der Waals surface area contributed by atoms with Gasteiger partial charge in [0.1, 0.15) is 5.75 Å². The molecule has 1 aliphatic heterocycles. The molecular formula is C23H27N3O2S. The zero-order valence-electron chi connectivity index (χ0n) is 17.2. The van der Waals surface area contributed by atoms with Gasteiger partial charge in [0.25, 0.3) is 0 Å². The fraction of sp³-hybridized carbons (Fsp3) is 0.478. The van der Waals surface area contributed by atoms with E-state index in [0.29, 0.717) is 11.8 Å². The fourth-order valence-corrected chi connectivity index (χ4v) is 5.84. The van der Waals surface area contributed by atoms with E-state index in [1.807, 2.05) is 17.4 Å². The van der Waals surface area contributed by atoms with Crippen molar-refractivity contribution in [1.29, 1.82) is 0 Å². The summed E-state index contributed by atoms with van der Waals surface area (Å²) in [4.78, 5) is 12.1. The first-order valence-corrected chi connectivity index (χ1v) is 11.2. The Labute approximate surface area is 175 Å². The molecule has 3 aromatic rings. The molecule has 0 amide bonds. The van der Waals surface area contributed by atoms with E-state index < -0.39 is 0 Å². The molecule has 5 rings (SSSR count). The molecule has 152 valence electrons. The number of likely N-dealkylation sites (tertiary alicyclic amines) is 1. The van der Waals surface area contributed by atoms with E-state index >= 15 is 0 Å². The Hall–Kier alpha value is -2.18. The molecule has 1 aliphatic carbocycles. The molecule has 1 saturated carbocycles. The van der Waals surface area contributed by atoms with E-state index in [0.717, 1.165) is 34.5 Å². The number of hydrogen-bond acceptors (Lipinski definition) is 6. The Morgan fingerprint density at radius 3 is 2.72 bits per heavy atom. The normalized spacial score (nSPS) is 24.6. The van der Waals surface area contributed by atoms with Gasteiger partial charge < -0.3 is 9.47 Å². The Morgan fingerprint density at radius 2 is 2.00 bits per heavy atom. The van der Waals surface area contributed by atoms with Crippen LogP contribution in [0.2, 0.25) is 0 Å². The van der Waals surface area contributed by atoms with E-state index in [4.69, 9.17) is 14.5 Å². The Bertz CT molecular complexity index is 1030. The predicted octanol–water partition coefficient (Wildman–Crippen LogP) is 5.11. The maximum atomic E-state index is 5.55.